The lowest BCUT2D eigenvalue weighted by molar-refractivity contribution is 0.575. The van der Waals surface area contributed by atoms with Crippen molar-refractivity contribution in [2.75, 3.05) is 5.32 Å². The van der Waals surface area contributed by atoms with Gasteiger partial charge in [0.1, 0.15) is 5.82 Å². The van der Waals surface area contributed by atoms with E-state index in [1.165, 1.54) is 5.56 Å². The largest absolute Gasteiger partial charge is 0.364 e. The van der Waals surface area contributed by atoms with Gasteiger partial charge in [-0.2, -0.15) is 0 Å². The summed E-state index contributed by atoms with van der Waals surface area (Å²) in [6, 6.07) is 8.90. The Balaban J connectivity index is 2.02. The minimum Gasteiger partial charge on any atom is -0.364 e. The second-order valence-electron chi connectivity index (χ2n) is 4.73. The summed E-state index contributed by atoms with van der Waals surface area (Å²) in [5.74, 6) is -0.810. The lowest BCUT2D eigenvalue weighted by Crippen LogP contribution is -2.04. The van der Waals surface area contributed by atoms with Crippen LogP contribution in [0.3, 0.4) is 0 Å². The first-order chi connectivity index (χ1) is 9.06. The minimum atomic E-state index is -0.682. The molecular weight excluding hydrogens is 246 g/mol. The summed E-state index contributed by atoms with van der Waals surface area (Å²) >= 11 is 0. The highest BCUT2D eigenvalue weighted by Gasteiger charge is 2.05. The Morgan fingerprint density at radius 1 is 1.16 bits per heavy atom. The molecule has 0 fully saturated rings. The number of anilines is 1. The topological polar surface area (TPSA) is 24.9 Å². The molecule has 0 spiro atoms. The highest BCUT2D eigenvalue weighted by molar-refractivity contribution is 5.37. The van der Waals surface area contributed by atoms with E-state index in [0.717, 1.165) is 17.8 Å². The van der Waals surface area contributed by atoms with Crippen LogP contribution in [0, 0.1) is 11.6 Å². The molecule has 0 unspecified atom stereocenters. The lowest BCUT2D eigenvalue weighted by atomic mass is 10.0. The Labute approximate surface area is 111 Å². The number of benzene rings is 1. The van der Waals surface area contributed by atoms with Crippen LogP contribution in [0.5, 0.6) is 0 Å². The second-order valence-corrected chi connectivity index (χ2v) is 4.73. The molecule has 1 aromatic heterocycles. The Kier molecular flexibility index (Phi) is 4.10. The Hall–Kier alpha value is -1.97. The van der Waals surface area contributed by atoms with E-state index in [-0.39, 0.29) is 5.82 Å². The van der Waals surface area contributed by atoms with Crippen molar-refractivity contribution in [2.24, 2.45) is 0 Å². The SMILES string of the molecule is CC(C)c1ccc(CNc2ncc(F)cc2F)cc1. The van der Waals surface area contributed by atoms with Crippen LogP contribution in [0.2, 0.25) is 0 Å². The maximum Gasteiger partial charge on any atom is 0.168 e. The molecule has 4 heteroatoms. The van der Waals surface area contributed by atoms with Crippen LogP contribution in [0.25, 0.3) is 0 Å². The Bertz CT molecular complexity index is 551. The van der Waals surface area contributed by atoms with E-state index in [4.69, 9.17) is 0 Å². The van der Waals surface area contributed by atoms with Gasteiger partial charge in [0, 0.05) is 12.6 Å². The number of pyridine rings is 1. The third kappa shape index (κ3) is 3.50. The molecule has 0 aliphatic heterocycles. The first-order valence-electron chi connectivity index (χ1n) is 6.20. The van der Waals surface area contributed by atoms with E-state index < -0.39 is 11.6 Å². The first kappa shape index (κ1) is 13.5. The van der Waals surface area contributed by atoms with Crippen molar-refractivity contribution in [1.29, 1.82) is 0 Å². The van der Waals surface area contributed by atoms with E-state index >= 15 is 0 Å². The molecule has 1 heterocycles. The van der Waals surface area contributed by atoms with Crippen LogP contribution in [-0.2, 0) is 6.54 Å². The van der Waals surface area contributed by atoms with Crippen molar-refractivity contribution in [3.05, 3.63) is 59.3 Å². The zero-order valence-corrected chi connectivity index (χ0v) is 11.0. The van der Waals surface area contributed by atoms with Crippen molar-refractivity contribution in [1.82, 2.24) is 4.98 Å². The van der Waals surface area contributed by atoms with Gasteiger partial charge < -0.3 is 5.32 Å². The number of rotatable bonds is 4. The summed E-state index contributed by atoms with van der Waals surface area (Å²) in [5, 5.41) is 2.85. The molecule has 100 valence electrons. The van der Waals surface area contributed by atoms with E-state index in [9.17, 15) is 8.78 Å². The predicted molar refractivity (Wildman–Crippen MR) is 72.0 cm³/mol. The molecule has 0 bridgehead atoms. The molecule has 0 aliphatic carbocycles. The van der Waals surface area contributed by atoms with Crippen molar-refractivity contribution in [2.45, 2.75) is 26.3 Å². The molecule has 0 atom stereocenters. The summed E-state index contributed by atoms with van der Waals surface area (Å²) in [5.41, 5.74) is 2.28. The standard InChI is InChI=1S/C15H16F2N2/c1-10(2)12-5-3-11(4-6-12)8-18-15-14(17)7-13(16)9-19-15/h3-7,9-10H,8H2,1-2H3,(H,18,19). The molecule has 0 saturated carbocycles. The smallest absolute Gasteiger partial charge is 0.168 e. The number of hydrogen-bond acceptors (Lipinski definition) is 2. The molecule has 2 rings (SSSR count). The van der Waals surface area contributed by atoms with Gasteiger partial charge in [-0.1, -0.05) is 38.1 Å². The summed E-state index contributed by atoms with van der Waals surface area (Å²) < 4.78 is 26.1. The molecule has 0 aliphatic rings. The summed E-state index contributed by atoms with van der Waals surface area (Å²) in [6.07, 6.45) is 0.993. The number of nitrogens with zero attached hydrogens (tertiary/aromatic N) is 1. The lowest BCUT2D eigenvalue weighted by Gasteiger charge is -2.09. The van der Waals surface area contributed by atoms with Crippen LogP contribution in [0.15, 0.2) is 36.5 Å². The van der Waals surface area contributed by atoms with Gasteiger partial charge in [0.2, 0.25) is 0 Å². The predicted octanol–water partition coefficient (Wildman–Crippen LogP) is 4.10. The normalized spacial score (nSPS) is 10.8. The van der Waals surface area contributed by atoms with Gasteiger partial charge >= 0.3 is 0 Å². The Morgan fingerprint density at radius 2 is 1.84 bits per heavy atom. The number of hydrogen-bond donors (Lipinski definition) is 1. The molecule has 0 radical (unpaired) electrons. The highest BCUT2D eigenvalue weighted by atomic mass is 19.1. The van der Waals surface area contributed by atoms with Gasteiger partial charge in [-0.25, -0.2) is 13.8 Å². The summed E-state index contributed by atoms with van der Waals surface area (Å²) in [4.78, 5) is 3.68. The van der Waals surface area contributed by atoms with Gasteiger partial charge in [0.25, 0.3) is 0 Å². The number of aromatic nitrogens is 1. The number of halogens is 2. The minimum absolute atomic E-state index is 0.0642. The molecule has 1 aromatic carbocycles. The molecular formula is C15H16F2N2. The zero-order chi connectivity index (χ0) is 13.8. The Morgan fingerprint density at radius 3 is 2.42 bits per heavy atom. The summed E-state index contributed by atoms with van der Waals surface area (Å²) in [6.45, 7) is 4.71. The van der Waals surface area contributed by atoms with E-state index in [0.29, 0.717) is 12.5 Å². The fraction of sp³-hybridized carbons (Fsp3) is 0.267. The molecule has 2 aromatic rings. The van der Waals surface area contributed by atoms with Gasteiger partial charge in [0.05, 0.1) is 6.20 Å². The van der Waals surface area contributed by atoms with E-state index in [1.807, 2.05) is 12.1 Å². The maximum atomic E-state index is 13.4. The fourth-order valence-corrected chi connectivity index (χ4v) is 1.75. The van der Waals surface area contributed by atoms with Gasteiger partial charge in [-0.3, -0.25) is 0 Å². The van der Waals surface area contributed by atoms with Crippen molar-refractivity contribution in [3.8, 4) is 0 Å². The monoisotopic (exact) mass is 262 g/mol. The molecule has 2 nitrogen and oxygen atoms in total. The molecule has 0 saturated heterocycles. The first-order valence-corrected chi connectivity index (χ1v) is 6.20. The average Bonchev–Trinajstić information content (AvgIpc) is 2.38. The number of nitrogens with one attached hydrogen (secondary N) is 1. The highest BCUT2D eigenvalue weighted by Crippen LogP contribution is 2.16. The molecule has 19 heavy (non-hydrogen) atoms. The van der Waals surface area contributed by atoms with Crippen LogP contribution >= 0.6 is 0 Å². The molecule has 1 N–H and O–H groups in total. The van der Waals surface area contributed by atoms with Gasteiger partial charge in [0.15, 0.2) is 11.6 Å². The second kappa shape index (κ2) is 5.78. The third-order valence-electron chi connectivity index (χ3n) is 2.91. The van der Waals surface area contributed by atoms with Crippen molar-refractivity contribution >= 4 is 5.82 Å². The van der Waals surface area contributed by atoms with Crippen molar-refractivity contribution in [3.63, 3.8) is 0 Å². The summed E-state index contributed by atoms with van der Waals surface area (Å²) in [7, 11) is 0. The van der Waals surface area contributed by atoms with E-state index in [2.05, 4.69) is 36.3 Å². The van der Waals surface area contributed by atoms with Crippen LogP contribution in [-0.4, -0.2) is 4.98 Å². The fourth-order valence-electron chi connectivity index (χ4n) is 1.75. The van der Waals surface area contributed by atoms with Crippen LogP contribution < -0.4 is 5.32 Å². The zero-order valence-electron chi connectivity index (χ0n) is 11.0. The van der Waals surface area contributed by atoms with Gasteiger partial charge in [-0.15, -0.1) is 0 Å². The maximum absolute atomic E-state index is 13.4. The van der Waals surface area contributed by atoms with E-state index in [1.54, 1.807) is 0 Å². The van der Waals surface area contributed by atoms with Crippen LogP contribution in [0.4, 0.5) is 14.6 Å². The molecule has 0 amide bonds. The van der Waals surface area contributed by atoms with Crippen LogP contribution in [0.1, 0.15) is 30.9 Å². The third-order valence-corrected chi connectivity index (χ3v) is 2.91. The average molecular weight is 262 g/mol. The quantitative estimate of drug-likeness (QED) is 0.897. The van der Waals surface area contributed by atoms with Gasteiger partial charge in [-0.05, 0) is 17.0 Å². The van der Waals surface area contributed by atoms with Crippen molar-refractivity contribution < 1.29 is 8.78 Å².